The maximum Gasteiger partial charge on any atom is 0.309 e. The summed E-state index contributed by atoms with van der Waals surface area (Å²) >= 11 is 0. The first-order valence-electron chi connectivity index (χ1n) is 11.4. The van der Waals surface area contributed by atoms with Gasteiger partial charge in [-0.15, -0.1) is 0 Å². The van der Waals surface area contributed by atoms with Gasteiger partial charge >= 0.3 is 11.9 Å². The van der Waals surface area contributed by atoms with Crippen molar-refractivity contribution in [2.75, 3.05) is 0 Å². The quantitative estimate of drug-likeness (QED) is 0.535. The average molecular weight is 403 g/mol. The number of carbonyl (C=O) groups is 2. The van der Waals surface area contributed by atoms with Crippen LogP contribution in [0.5, 0.6) is 0 Å². The van der Waals surface area contributed by atoms with Gasteiger partial charge in [-0.1, -0.05) is 25.5 Å². The summed E-state index contributed by atoms with van der Waals surface area (Å²) in [5, 5.41) is 10.3. The minimum absolute atomic E-state index is 0.0191. The number of aliphatic hydroxyl groups excluding tert-OH is 1. The molecule has 5 aliphatic rings. The van der Waals surface area contributed by atoms with Crippen LogP contribution in [0.15, 0.2) is 11.6 Å². The van der Waals surface area contributed by atoms with E-state index < -0.39 is 11.7 Å². The van der Waals surface area contributed by atoms with E-state index in [1.54, 1.807) is 0 Å². The number of rotatable bonds is 1. The Bertz CT molecular complexity index is 773. The van der Waals surface area contributed by atoms with E-state index in [1.165, 1.54) is 12.5 Å². The zero-order chi connectivity index (χ0) is 20.7. The van der Waals surface area contributed by atoms with Crippen molar-refractivity contribution in [2.24, 2.45) is 40.9 Å². The Balaban J connectivity index is 1.53. The maximum absolute atomic E-state index is 12.2. The molecule has 0 aromatic heterocycles. The molecular formula is C24H34O5. The molecule has 0 amide bonds. The van der Waals surface area contributed by atoms with Gasteiger partial charge in [0.2, 0.25) is 0 Å². The second-order valence-corrected chi connectivity index (χ2v) is 10.9. The molecule has 1 aliphatic heterocycles. The first kappa shape index (κ1) is 19.6. The Labute approximate surface area is 173 Å². The minimum Gasteiger partial charge on any atom is -0.462 e. The van der Waals surface area contributed by atoms with Crippen LogP contribution in [0.4, 0.5) is 0 Å². The summed E-state index contributed by atoms with van der Waals surface area (Å²) in [7, 11) is 0. The molecule has 0 spiro atoms. The molecule has 160 valence electrons. The number of aliphatic hydroxyl groups is 1. The van der Waals surface area contributed by atoms with Gasteiger partial charge in [-0.05, 0) is 62.7 Å². The van der Waals surface area contributed by atoms with Crippen molar-refractivity contribution < 1.29 is 24.2 Å². The fourth-order valence-electron chi connectivity index (χ4n) is 8.58. The van der Waals surface area contributed by atoms with Crippen LogP contribution in [0.2, 0.25) is 0 Å². The first-order chi connectivity index (χ1) is 13.6. The lowest BCUT2D eigenvalue weighted by atomic mass is 9.53. The molecule has 1 heterocycles. The summed E-state index contributed by atoms with van der Waals surface area (Å²) < 4.78 is 11.9. The molecule has 0 unspecified atom stereocenters. The van der Waals surface area contributed by atoms with Crippen LogP contribution in [-0.2, 0) is 19.1 Å². The Morgan fingerprint density at radius 1 is 1.24 bits per heavy atom. The van der Waals surface area contributed by atoms with Gasteiger partial charge in [0.25, 0.3) is 0 Å². The largest absolute Gasteiger partial charge is 0.462 e. The number of esters is 2. The van der Waals surface area contributed by atoms with Gasteiger partial charge in [0.1, 0.15) is 11.7 Å². The SMILES string of the molecule is CC(=O)O[C@@]1(C)[C@@H]2C[C@H](O)C=C2CC[C@H]2[C@@H]3C[C@@H]4OC(=O)[C@@H](C)[C@@H]4[C@@]3(C)CC[C@@H]21. The molecule has 5 nitrogen and oxygen atoms in total. The fourth-order valence-corrected chi connectivity index (χ4v) is 8.58. The van der Waals surface area contributed by atoms with Crippen molar-refractivity contribution in [3.05, 3.63) is 11.6 Å². The van der Waals surface area contributed by atoms with Crippen LogP contribution in [0.3, 0.4) is 0 Å². The lowest BCUT2D eigenvalue weighted by molar-refractivity contribution is -0.179. The third kappa shape index (κ3) is 2.62. The summed E-state index contributed by atoms with van der Waals surface area (Å²) in [6, 6.07) is 0. The summed E-state index contributed by atoms with van der Waals surface area (Å²) in [4.78, 5) is 24.4. The van der Waals surface area contributed by atoms with Gasteiger partial charge < -0.3 is 14.6 Å². The van der Waals surface area contributed by atoms with Crippen LogP contribution in [-0.4, -0.2) is 34.9 Å². The fraction of sp³-hybridized carbons (Fsp3) is 0.833. The smallest absolute Gasteiger partial charge is 0.309 e. The molecule has 5 heteroatoms. The molecule has 0 bridgehead atoms. The summed E-state index contributed by atoms with van der Waals surface area (Å²) in [5.74, 6) is 1.38. The summed E-state index contributed by atoms with van der Waals surface area (Å²) in [6.45, 7) is 8.05. The summed E-state index contributed by atoms with van der Waals surface area (Å²) in [5.41, 5.74) is 0.815. The van der Waals surface area contributed by atoms with E-state index >= 15 is 0 Å². The van der Waals surface area contributed by atoms with Crippen LogP contribution in [0.25, 0.3) is 0 Å². The normalized spacial score (nSPS) is 53.1. The van der Waals surface area contributed by atoms with Crippen molar-refractivity contribution >= 4 is 11.9 Å². The minimum atomic E-state index is -0.572. The molecule has 1 saturated heterocycles. The lowest BCUT2D eigenvalue weighted by Gasteiger charge is -2.53. The molecule has 4 fully saturated rings. The highest BCUT2D eigenvalue weighted by molar-refractivity contribution is 5.75. The predicted octanol–water partition coefficient (Wildman–Crippen LogP) is 3.64. The standard InChI is InChI=1S/C24H34O5/c1-12-21-20(28-22(12)27)11-19-16-6-5-14-9-15(26)10-18(14)24(4,29-13(2)25)17(16)7-8-23(19,21)3/h9,12,15-21,26H,5-8,10-11H2,1-4H3/t12-,15+,16+,17-,18+,19-,20-,21-,23-,24+/m0/s1. The highest BCUT2D eigenvalue weighted by Crippen LogP contribution is 2.67. The monoisotopic (exact) mass is 402 g/mol. The zero-order valence-corrected chi connectivity index (χ0v) is 18.0. The van der Waals surface area contributed by atoms with E-state index in [1.807, 2.05) is 13.0 Å². The molecular weight excluding hydrogens is 368 g/mol. The van der Waals surface area contributed by atoms with Crippen LogP contribution >= 0.6 is 0 Å². The third-order valence-corrected chi connectivity index (χ3v) is 9.59. The Hall–Kier alpha value is -1.36. The van der Waals surface area contributed by atoms with E-state index in [0.717, 1.165) is 32.1 Å². The first-order valence-corrected chi connectivity index (χ1v) is 11.4. The van der Waals surface area contributed by atoms with Crippen molar-refractivity contribution in [1.82, 2.24) is 0 Å². The number of carbonyl (C=O) groups excluding carboxylic acids is 2. The highest BCUT2D eigenvalue weighted by Gasteiger charge is 2.66. The molecule has 0 aromatic carbocycles. The second-order valence-electron chi connectivity index (χ2n) is 10.9. The van der Waals surface area contributed by atoms with Crippen LogP contribution in [0, 0.1) is 40.9 Å². The van der Waals surface area contributed by atoms with Gasteiger partial charge in [0.05, 0.1) is 12.0 Å². The molecule has 29 heavy (non-hydrogen) atoms. The number of hydrogen-bond acceptors (Lipinski definition) is 5. The van der Waals surface area contributed by atoms with E-state index in [2.05, 4.69) is 13.8 Å². The van der Waals surface area contributed by atoms with Crippen LogP contribution in [0.1, 0.15) is 66.2 Å². The maximum atomic E-state index is 12.2. The highest BCUT2D eigenvalue weighted by atomic mass is 16.6. The molecule has 0 aromatic rings. The van der Waals surface area contributed by atoms with E-state index in [4.69, 9.17) is 9.47 Å². The van der Waals surface area contributed by atoms with Gasteiger partial charge in [-0.3, -0.25) is 9.59 Å². The van der Waals surface area contributed by atoms with E-state index in [9.17, 15) is 14.7 Å². The topological polar surface area (TPSA) is 72.8 Å². The van der Waals surface area contributed by atoms with Crippen LogP contribution < -0.4 is 0 Å². The lowest BCUT2D eigenvalue weighted by Crippen LogP contribution is -2.53. The Morgan fingerprint density at radius 3 is 2.72 bits per heavy atom. The Kier molecular flexibility index (Phi) is 4.27. The average Bonchev–Trinajstić information content (AvgIpc) is 3.22. The van der Waals surface area contributed by atoms with Crippen molar-refractivity contribution in [3.63, 3.8) is 0 Å². The van der Waals surface area contributed by atoms with Gasteiger partial charge in [0.15, 0.2) is 0 Å². The Morgan fingerprint density at radius 2 is 2.00 bits per heavy atom. The molecule has 3 saturated carbocycles. The zero-order valence-electron chi connectivity index (χ0n) is 18.0. The predicted molar refractivity (Wildman–Crippen MR) is 107 cm³/mol. The van der Waals surface area contributed by atoms with Gasteiger partial charge in [0, 0.05) is 24.7 Å². The molecule has 5 rings (SSSR count). The number of hydrogen-bond donors (Lipinski definition) is 1. The van der Waals surface area contributed by atoms with Crippen molar-refractivity contribution in [1.29, 1.82) is 0 Å². The van der Waals surface area contributed by atoms with Gasteiger partial charge in [-0.2, -0.15) is 0 Å². The van der Waals surface area contributed by atoms with Gasteiger partial charge in [-0.25, -0.2) is 0 Å². The van der Waals surface area contributed by atoms with Crippen molar-refractivity contribution in [2.45, 2.75) is 84.0 Å². The molecule has 10 atom stereocenters. The molecule has 0 radical (unpaired) electrons. The molecule has 4 aliphatic carbocycles. The van der Waals surface area contributed by atoms with E-state index in [0.29, 0.717) is 24.2 Å². The van der Waals surface area contributed by atoms with E-state index in [-0.39, 0.29) is 41.2 Å². The van der Waals surface area contributed by atoms with Crippen molar-refractivity contribution in [3.8, 4) is 0 Å². The number of fused-ring (bicyclic) bond motifs is 6. The molecule has 1 N–H and O–H groups in total. The number of ether oxygens (including phenoxy) is 2. The third-order valence-electron chi connectivity index (χ3n) is 9.59. The second kappa shape index (κ2) is 6.32. The summed E-state index contributed by atoms with van der Waals surface area (Å²) in [6.07, 6.45) is 7.32.